The molecule has 1 heterocycles. The molecule has 4 amide bonds. The highest BCUT2D eigenvalue weighted by atomic mass is 19.1. The number of benzene rings is 1. The van der Waals surface area contributed by atoms with Crippen molar-refractivity contribution in [3.63, 3.8) is 0 Å². The minimum Gasteiger partial charge on any atom is -0.353 e. The van der Waals surface area contributed by atoms with Crippen LogP contribution in [-0.2, 0) is 14.4 Å². The van der Waals surface area contributed by atoms with E-state index < -0.39 is 17.6 Å². The Morgan fingerprint density at radius 3 is 2.29 bits per heavy atom. The first kappa shape index (κ1) is 20.0. The molecule has 0 spiro atoms. The van der Waals surface area contributed by atoms with Gasteiger partial charge in [-0.2, -0.15) is 0 Å². The van der Waals surface area contributed by atoms with E-state index in [2.05, 4.69) is 10.6 Å². The summed E-state index contributed by atoms with van der Waals surface area (Å²) in [5.41, 5.74) is 0.653. The summed E-state index contributed by atoms with van der Waals surface area (Å²) in [6, 6.07) is 4.21. The summed E-state index contributed by atoms with van der Waals surface area (Å²) in [7, 11) is 0. The molecule has 1 saturated heterocycles. The molecule has 2 fully saturated rings. The molecule has 3 rings (SSSR count). The van der Waals surface area contributed by atoms with Crippen molar-refractivity contribution >= 4 is 23.6 Å². The number of nitrogens with zero attached hydrogens (tertiary/aromatic N) is 1. The van der Waals surface area contributed by atoms with E-state index in [0.717, 1.165) is 23.8 Å². The minimum atomic E-state index is -0.457. The van der Waals surface area contributed by atoms with E-state index in [-0.39, 0.29) is 48.8 Å². The number of likely N-dealkylation sites (tertiary alicyclic amines) is 1. The van der Waals surface area contributed by atoms with Crippen LogP contribution in [0.5, 0.6) is 0 Å². The van der Waals surface area contributed by atoms with Gasteiger partial charge < -0.3 is 10.6 Å². The molecule has 1 aliphatic heterocycles. The quantitative estimate of drug-likeness (QED) is 0.564. The van der Waals surface area contributed by atoms with Gasteiger partial charge in [-0.15, -0.1) is 0 Å². The number of fused-ring (bicyclic) bond motifs is 1. The average molecular weight is 389 g/mol. The summed E-state index contributed by atoms with van der Waals surface area (Å²) in [4.78, 5) is 49.8. The molecule has 2 aliphatic rings. The van der Waals surface area contributed by atoms with Crippen LogP contribution in [0.3, 0.4) is 0 Å². The van der Waals surface area contributed by atoms with Gasteiger partial charge in [-0.1, -0.05) is 18.9 Å². The van der Waals surface area contributed by atoms with Gasteiger partial charge in [0.25, 0.3) is 5.91 Å². The molecule has 1 saturated carbocycles. The zero-order valence-corrected chi connectivity index (χ0v) is 15.8. The molecule has 0 radical (unpaired) electrons. The number of rotatable bonds is 6. The summed E-state index contributed by atoms with van der Waals surface area (Å²) in [6.07, 6.45) is 3.29. The van der Waals surface area contributed by atoms with Gasteiger partial charge in [-0.05, 0) is 37.5 Å². The normalized spacial score (nSPS) is 21.4. The molecule has 150 valence electrons. The number of imide groups is 1. The Morgan fingerprint density at radius 1 is 1.07 bits per heavy atom. The summed E-state index contributed by atoms with van der Waals surface area (Å²) < 4.78 is 13.5. The Labute approximate surface area is 162 Å². The minimum absolute atomic E-state index is 0.141. The van der Waals surface area contributed by atoms with E-state index in [1.165, 1.54) is 12.1 Å². The van der Waals surface area contributed by atoms with Crippen molar-refractivity contribution in [3.8, 4) is 0 Å². The molecule has 7 nitrogen and oxygen atoms in total. The van der Waals surface area contributed by atoms with Gasteiger partial charge in [0.15, 0.2) is 0 Å². The summed E-state index contributed by atoms with van der Waals surface area (Å²) in [5, 5.41) is 5.17. The molecule has 0 aromatic heterocycles. The van der Waals surface area contributed by atoms with Crippen LogP contribution in [-0.4, -0.2) is 48.2 Å². The number of amides is 4. The summed E-state index contributed by atoms with van der Waals surface area (Å²) >= 11 is 0. The number of hydrogen-bond acceptors (Lipinski definition) is 4. The second-order valence-corrected chi connectivity index (χ2v) is 7.33. The Kier molecular flexibility index (Phi) is 6.06. The standard InChI is InChI=1S/C20H24FN3O4/c1-12-6-7-13(10-16(12)21)18(26)23-9-8-22-17(25)11-24-19(27)14-4-2-3-5-15(14)20(24)28/h6-7,10,14-15H,2-5,8-9,11H2,1H3,(H,22,25)(H,23,26). The van der Waals surface area contributed by atoms with E-state index in [4.69, 9.17) is 0 Å². The van der Waals surface area contributed by atoms with Crippen LogP contribution in [0.2, 0.25) is 0 Å². The van der Waals surface area contributed by atoms with Crippen LogP contribution >= 0.6 is 0 Å². The van der Waals surface area contributed by atoms with Crippen LogP contribution in [0.4, 0.5) is 4.39 Å². The maximum atomic E-state index is 13.5. The topological polar surface area (TPSA) is 95.6 Å². The lowest BCUT2D eigenvalue weighted by Crippen LogP contribution is -2.43. The number of halogens is 1. The van der Waals surface area contributed by atoms with Gasteiger partial charge >= 0.3 is 0 Å². The highest BCUT2D eigenvalue weighted by Crippen LogP contribution is 2.37. The van der Waals surface area contributed by atoms with Crippen molar-refractivity contribution < 1.29 is 23.6 Å². The number of nitrogens with one attached hydrogen (secondary N) is 2. The first-order chi connectivity index (χ1) is 13.4. The second kappa shape index (κ2) is 8.50. The second-order valence-electron chi connectivity index (χ2n) is 7.33. The maximum absolute atomic E-state index is 13.5. The first-order valence-electron chi connectivity index (χ1n) is 9.54. The van der Waals surface area contributed by atoms with Crippen LogP contribution in [0.25, 0.3) is 0 Å². The summed E-state index contributed by atoms with van der Waals surface area (Å²) in [5.74, 6) is -2.40. The fraction of sp³-hybridized carbons (Fsp3) is 0.500. The predicted molar refractivity (Wildman–Crippen MR) is 98.6 cm³/mol. The van der Waals surface area contributed by atoms with Crippen molar-refractivity contribution in [3.05, 3.63) is 35.1 Å². The fourth-order valence-corrected chi connectivity index (χ4v) is 3.80. The molecule has 2 unspecified atom stereocenters. The summed E-state index contributed by atoms with van der Waals surface area (Å²) in [6.45, 7) is 1.61. The number of carbonyl (C=O) groups excluding carboxylic acids is 4. The Bertz CT molecular complexity index is 787. The SMILES string of the molecule is Cc1ccc(C(=O)NCCNC(=O)CN2C(=O)C3CCCCC3C2=O)cc1F. The van der Waals surface area contributed by atoms with Crippen molar-refractivity contribution in [1.29, 1.82) is 0 Å². The molecule has 2 atom stereocenters. The van der Waals surface area contributed by atoms with E-state index in [1.54, 1.807) is 6.92 Å². The van der Waals surface area contributed by atoms with Crippen molar-refractivity contribution in [1.82, 2.24) is 15.5 Å². The van der Waals surface area contributed by atoms with Crippen LogP contribution in [0, 0.1) is 24.6 Å². The zero-order chi connectivity index (χ0) is 20.3. The third kappa shape index (κ3) is 4.21. The lowest BCUT2D eigenvalue weighted by atomic mass is 9.81. The molecular weight excluding hydrogens is 365 g/mol. The smallest absolute Gasteiger partial charge is 0.251 e. The van der Waals surface area contributed by atoms with Gasteiger partial charge in [0.2, 0.25) is 17.7 Å². The molecule has 28 heavy (non-hydrogen) atoms. The Hall–Kier alpha value is -2.77. The van der Waals surface area contributed by atoms with Crippen LogP contribution in [0.15, 0.2) is 18.2 Å². The van der Waals surface area contributed by atoms with Gasteiger partial charge in [0.05, 0.1) is 11.8 Å². The monoisotopic (exact) mass is 389 g/mol. The van der Waals surface area contributed by atoms with E-state index in [9.17, 15) is 23.6 Å². The Morgan fingerprint density at radius 2 is 1.68 bits per heavy atom. The number of aryl methyl sites for hydroxylation is 1. The highest BCUT2D eigenvalue weighted by molar-refractivity contribution is 6.07. The third-order valence-electron chi connectivity index (χ3n) is 5.40. The zero-order valence-electron chi connectivity index (χ0n) is 15.8. The van der Waals surface area contributed by atoms with Gasteiger partial charge in [0, 0.05) is 18.7 Å². The maximum Gasteiger partial charge on any atom is 0.251 e. The fourth-order valence-electron chi connectivity index (χ4n) is 3.80. The molecule has 1 aromatic rings. The lowest BCUT2D eigenvalue weighted by Gasteiger charge is -2.19. The van der Waals surface area contributed by atoms with Crippen molar-refractivity contribution in [2.75, 3.05) is 19.6 Å². The number of hydrogen-bond donors (Lipinski definition) is 2. The lowest BCUT2D eigenvalue weighted by molar-refractivity contribution is -0.143. The molecule has 1 aliphatic carbocycles. The Balaban J connectivity index is 1.42. The molecule has 0 bridgehead atoms. The molecular formula is C20H24FN3O4. The van der Waals surface area contributed by atoms with Gasteiger partial charge in [-0.25, -0.2) is 4.39 Å². The molecule has 1 aromatic carbocycles. The third-order valence-corrected chi connectivity index (χ3v) is 5.40. The average Bonchev–Trinajstić information content (AvgIpc) is 2.92. The molecule has 2 N–H and O–H groups in total. The van der Waals surface area contributed by atoms with Crippen LogP contribution < -0.4 is 10.6 Å². The van der Waals surface area contributed by atoms with Crippen molar-refractivity contribution in [2.45, 2.75) is 32.6 Å². The van der Waals surface area contributed by atoms with Gasteiger partial charge in [0.1, 0.15) is 12.4 Å². The largest absolute Gasteiger partial charge is 0.353 e. The molecule has 8 heteroatoms. The number of carbonyl (C=O) groups is 4. The van der Waals surface area contributed by atoms with Gasteiger partial charge in [-0.3, -0.25) is 24.1 Å². The highest BCUT2D eigenvalue weighted by Gasteiger charge is 2.48. The first-order valence-corrected chi connectivity index (χ1v) is 9.54. The van der Waals surface area contributed by atoms with Crippen molar-refractivity contribution in [2.24, 2.45) is 11.8 Å². The van der Waals surface area contributed by atoms with Crippen LogP contribution in [0.1, 0.15) is 41.6 Å². The van der Waals surface area contributed by atoms with E-state index >= 15 is 0 Å². The van der Waals surface area contributed by atoms with E-state index in [1.807, 2.05) is 0 Å². The van der Waals surface area contributed by atoms with E-state index in [0.29, 0.717) is 18.4 Å². The predicted octanol–water partition coefficient (Wildman–Crippen LogP) is 1.16.